The summed E-state index contributed by atoms with van der Waals surface area (Å²) in [6.45, 7) is 0.409. The van der Waals surface area contributed by atoms with E-state index in [1.54, 1.807) is 6.07 Å². The molecule has 0 bridgehead atoms. The minimum absolute atomic E-state index is 0.0187. The van der Waals surface area contributed by atoms with Gasteiger partial charge in [-0.2, -0.15) is 0 Å². The summed E-state index contributed by atoms with van der Waals surface area (Å²) in [6, 6.07) is 11.2. The van der Waals surface area contributed by atoms with Gasteiger partial charge < -0.3 is 10.2 Å². The second-order valence-electron chi connectivity index (χ2n) is 4.45. The maximum Gasteiger partial charge on any atom is 0.243 e. The van der Waals surface area contributed by atoms with Gasteiger partial charge in [-0.05, 0) is 40.2 Å². The third-order valence-electron chi connectivity index (χ3n) is 3.04. The molecule has 3 rings (SSSR count). The first kappa shape index (κ1) is 13.3. The Morgan fingerprint density at radius 3 is 2.85 bits per heavy atom. The van der Waals surface area contributed by atoms with E-state index in [1.165, 1.54) is 11.3 Å². The van der Waals surface area contributed by atoms with Crippen LogP contribution in [0.25, 0.3) is 0 Å². The van der Waals surface area contributed by atoms with E-state index in [0.717, 1.165) is 15.2 Å². The fourth-order valence-corrected chi connectivity index (χ4v) is 3.48. The number of carbonyl (C=O) groups is 2. The largest absolute Gasteiger partial charge is 0.353 e. The van der Waals surface area contributed by atoms with E-state index < -0.39 is 0 Å². The highest BCUT2D eigenvalue weighted by molar-refractivity contribution is 9.11. The Balaban J connectivity index is 1.84. The molecule has 2 heterocycles. The first-order chi connectivity index (χ1) is 9.63. The van der Waals surface area contributed by atoms with E-state index in [9.17, 15) is 9.59 Å². The Labute approximate surface area is 128 Å². The molecule has 1 aliphatic rings. The smallest absolute Gasteiger partial charge is 0.243 e. The van der Waals surface area contributed by atoms with Crippen LogP contribution in [0.1, 0.15) is 9.67 Å². The van der Waals surface area contributed by atoms with Crippen molar-refractivity contribution in [2.24, 2.45) is 0 Å². The second-order valence-corrected chi connectivity index (χ2v) is 6.91. The lowest BCUT2D eigenvalue weighted by molar-refractivity contribution is -0.115. The van der Waals surface area contributed by atoms with E-state index in [0.29, 0.717) is 4.88 Å². The zero-order chi connectivity index (χ0) is 14.1. The van der Waals surface area contributed by atoms with Crippen LogP contribution in [0.15, 0.2) is 40.2 Å². The van der Waals surface area contributed by atoms with Gasteiger partial charge in [-0.15, -0.1) is 11.3 Å². The Kier molecular flexibility index (Phi) is 3.58. The molecule has 0 fully saturated rings. The summed E-state index contributed by atoms with van der Waals surface area (Å²) in [4.78, 5) is 26.5. The SMILES string of the molecule is O=C1CN(CC(=O)c2ccc(Br)s2)c2ccccc2N1. The van der Waals surface area contributed by atoms with Gasteiger partial charge >= 0.3 is 0 Å². The molecule has 2 aromatic rings. The van der Waals surface area contributed by atoms with Gasteiger partial charge in [0.25, 0.3) is 0 Å². The van der Waals surface area contributed by atoms with Crippen LogP contribution in [0, 0.1) is 0 Å². The summed E-state index contributed by atoms with van der Waals surface area (Å²) in [5, 5.41) is 2.81. The average Bonchev–Trinajstić information content (AvgIpc) is 2.85. The highest BCUT2D eigenvalue weighted by atomic mass is 79.9. The number of hydrogen-bond acceptors (Lipinski definition) is 4. The molecule has 4 nitrogen and oxygen atoms in total. The van der Waals surface area contributed by atoms with Crippen molar-refractivity contribution in [3.63, 3.8) is 0 Å². The maximum atomic E-state index is 12.3. The average molecular weight is 351 g/mol. The van der Waals surface area contributed by atoms with Gasteiger partial charge in [-0.3, -0.25) is 9.59 Å². The number of nitrogens with one attached hydrogen (secondary N) is 1. The Morgan fingerprint density at radius 1 is 1.30 bits per heavy atom. The number of thiophene rings is 1. The van der Waals surface area contributed by atoms with Gasteiger partial charge in [-0.25, -0.2) is 0 Å². The van der Waals surface area contributed by atoms with Gasteiger partial charge in [0.2, 0.25) is 5.91 Å². The second kappa shape index (κ2) is 5.38. The molecular formula is C14H11BrN2O2S. The monoisotopic (exact) mass is 350 g/mol. The van der Waals surface area contributed by atoms with E-state index >= 15 is 0 Å². The lowest BCUT2D eigenvalue weighted by Crippen LogP contribution is -2.40. The Bertz CT molecular complexity index is 683. The quantitative estimate of drug-likeness (QED) is 0.865. The molecule has 20 heavy (non-hydrogen) atoms. The summed E-state index contributed by atoms with van der Waals surface area (Å²) in [7, 11) is 0. The van der Waals surface area contributed by atoms with Gasteiger partial charge in [0.1, 0.15) is 0 Å². The lowest BCUT2D eigenvalue weighted by atomic mass is 10.1. The topological polar surface area (TPSA) is 49.4 Å². The maximum absolute atomic E-state index is 12.3. The normalized spacial score (nSPS) is 13.8. The number of amides is 1. The molecule has 1 aliphatic heterocycles. The van der Waals surface area contributed by atoms with Crippen LogP contribution in [-0.4, -0.2) is 24.8 Å². The number of fused-ring (bicyclic) bond motifs is 1. The van der Waals surface area contributed by atoms with E-state index in [-0.39, 0.29) is 24.8 Å². The van der Waals surface area contributed by atoms with Crippen molar-refractivity contribution in [1.82, 2.24) is 0 Å². The first-order valence-electron chi connectivity index (χ1n) is 6.06. The Hall–Kier alpha value is -1.66. The highest BCUT2D eigenvalue weighted by Crippen LogP contribution is 2.29. The summed E-state index contributed by atoms with van der Waals surface area (Å²) in [5.41, 5.74) is 1.64. The molecule has 0 aliphatic carbocycles. The van der Waals surface area contributed by atoms with Crippen molar-refractivity contribution < 1.29 is 9.59 Å². The van der Waals surface area contributed by atoms with Crippen LogP contribution in [-0.2, 0) is 4.79 Å². The molecule has 1 aromatic heterocycles. The number of anilines is 2. The van der Waals surface area contributed by atoms with Crippen molar-refractivity contribution in [3.05, 3.63) is 45.1 Å². The number of ketones is 1. The van der Waals surface area contributed by atoms with Crippen LogP contribution in [0.5, 0.6) is 0 Å². The third kappa shape index (κ3) is 2.62. The van der Waals surface area contributed by atoms with Crippen LogP contribution < -0.4 is 10.2 Å². The summed E-state index contributed by atoms with van der Waals surface area (Å²) in [6.07, 6.45) is 0. The van der Waals surface area contributed by atoms with Gasteiger partial charge in [0.15, 0.2) is 5.78 Å². The fraction of sp³-hybridized carbons (Fsp3) is 0.143. The number of para-hydroxylation sites is 2. The molecule has 0 saturated heterocycles. The predicted octanol–water partition coefficient (Wildman–Crippen LogP) is 3.15. The van der Waals surface area contributed by atoms with Gasteiger partial charge in [0, 0.05) is 0 Å². The van der Waals surface area contributed by atoms with Crippen LogP contribution in [0.3, 0.4) is 0 Å². The van der Waals surface area contributed by atoms with Crippen LogP contribution in [0.4, 0.5) is 11.4 Å². The number of Topliss-reactive ketones (excluding diaryl/α,β-unsaturated/α-hetero) is 1. The fourth-order valence-electron chi connectivity index (χ4n) is 2.16. The van der Waals surface area contributed by atoms with Gasteiger partial charge in [0.05, 0.1) is 33.1 Å². The van der Waals surface area contributed by atoms with Crippen molar-refractivity contribution in [3.8, 4) is 0 Å². The molecule has 1 aromatic carbocycles. The van der Waals surface area contributed by atoms with E-state index in [4.69, 9.17) is 0 Å². The lowest BCUT2D eigenvalue weighted by Gasteiger charge is -2.30. The number of rotatable bonds is 3. The number of nitrogens with zero attached hydrogens (tertiary/aromatic N) is 1. The van der Waals surface area contributed by atoms with Crippen molar-refractivity contribution in [1.29, 1.82) is 0 Å². The van der Waals surface area contributed by atoms with Crippen molar-refractivity contribution in [2.45, 2.75) is 0 Å². The molecule has 102 valence electrons. The standard InChI is InChI=1S/C14H11BrN2O2S/c15-13-6-5-12(20-13)11(18)7-17-8-14(19)16-9-3-1-2-4-10(9)17/h1-6H,7-8H2,(H,16,19). The molecule has 0 radical (unpaired) electrons. The van der Waals surface area contributed by atoms with E-state index in [1.807, 2.05) is 35.2 Å². The molecular weight excluding hydrogens is 340 g/mol. The zero-order valence-electron chi connectivity index (χ0n) is 10.4. The number of benzene rings is 1. The molecule has 1 N–H and O–H groups in total. The molecule has 0 atom stereocenters. The summed E-state index contributed by atoms with van der Waals surface area (Å²) in [5.74, 6) is -0.0749. The van der Waals surface area contributed by atoms with Crippen LogP contribution >= 0.6 is 27.3 Å². The summed E-state index contributed by atoms with van der Waals surface area (Å²) < 4.78 is 0.928. The minimum Gasteiger partial charge on any atom is -0.353 e. The molecule has 6 heteroatoms. The number of hydrogen-bond donors (Lipinski definition) is 1. The van der Waals surface area contributed by atoms with E-state index in [2.05, 4.69) is 21.2 Å². The molecule has 1 amide bonds. The summed E-state index contributed by atoms with van der Waals surface area (Å²) >= 11 is 4.76. The predicted molar refractivity (Wildman–Crippen MR) is 83.6 cm³/mol. The first-order valence-corrected chi connectivity index (χ1v) is 7.67. The number of halogens is 1. The van der Waals surface area contributed by atoms with Gasteiger partial charge in [-0.1, -0.05) is 12.1 Å². The molecule has 0 spiro atoms. The van der Waals surface area contributed by atoms with Crippen molar-refractivity contribution in [2.75, 3.05) is 23.3 Å². The van der Waals surface area contributed by atoms with Crippen molar-refractivity contribution >= 4 is 50.3 Å². The molecule has 0 unspecified atom stereocenters. The molecule has 0 saturated carbocycles. The minimum atomic E-state index is -0.0936. The highest BCUT2D eigenvalue weighted by Gasteiger charge is 2.24. The Morgan fingerprint density at radius 2 is 2.10 bits per heavy atom. The van der Waals surface area contributed by atoms with Crippen LogP contribution in [0.2, 0.25) is 0 Å². The number of carbonyl (C=O) groups excluding carboxylic acids is 2. The zero-order valence-corrected chi connectivity index (χ0v) is 12.8. The third-order valence-corrected chi connectivity index (χ3v) is 4.70.